The first-order valence-corrected chi connectivity index (χ1v) is 7.76. The lowest BCUT2D eigenvalue weighted by atomic mass is 10.1. The quantitative estimate of drug-likeness (QED) is 0.683. The van der Waals surface area contributed by atoms with Crippen LogP contribution in [0.3, 0.4) is 0 Å². The number of hydrogen-bond acceptors (Lipinski definition) is 6. The highest BCUT2D eigenvalue weighted by Crippen LogP contribution is 2.32. The summed E-state index contributed by atoms with van der Waals surface area (Å²) in [5, 5.41) is 2.81. The van der Waals surface area contributed by atoms with Crippen molar-refractivity contribution in [2.45, 2.75) is 19.4 Å². The van der Waals surface area contributed by atoms with Gasteiger partial charge in [0.25, 0.3) is 0 Å². The third kappa shape index (κ3) is 2.92. The summed E-state index contributed by atoms with van der Waals surface area (Å²) in [6.45, 7) is -1.41. The van der Waals surface area contributed by atoms with Gasteiger partial charge in [-0.25, -0.2) is 9.98 Å². The van der Waals surface area contributed by atoms with E-state index in [0.717, 1.165) is 47.7 Å². The number of nitrogens with two attached hydrogens (primary N) is 1. The van der Waals surface area contributed by atoms with Gasteiger partial charge in [0.2, 0.25) is 0 Å². The van der Waals surface area contributed by atoms with Crippen molar-refractivity contribution in [1.82, 2.24) is 9.88 Å². The molecule has 8 heteroatoms. The molecule has 2 N–H and O–H groups in total. The summed E-state index contributed by atoms with van der Waals surface area (Å²) in [5.74, 6) is 0.875. The number of amidine groups is 1. The number of fused-ring (bicyclic) bond motifs is 1. The average Bonchev–Trinajstić information content (AvgIpc) is 3.17. The van der Waals surface area contributed by atoms with E-state index in [9.17, 15) is 8.78 Å². The minimum Gasteiger partial charge on any atom is -0.398 e. The standard InChI is InChI=1S/C14H15F2N5S/c15-14(16)19-4-3-10(17)9-8-20-12(13-18-5-7-22-13)21-6-1-2-11(9)21/h3-5,7,14H,1-2,6,8,17H2. The normalized spacial score (nSPS) is 19.3. The highest BCUT2D eigenvalue weighted by Gasteiger charge is 2.30. The van der Waals surface area contributed by atoms with E-state index < -0.39 is 6.55 Å². The van der Waals surface area contributed by atoms with E-state index in [2.05, 4.69) is 19.9 Å². The Balaban J connectivity index is 1.87. The van der Waals surface area contributed by atoms with E-state index in [0.29, 0.717) is 12.2 Å². The zero-order chi connectivity index (χ0) is 15.5. The molecule has 5 nitrogen and oxygen atoms in total. The molecule has 1 aromatic rings. The smallest absolute Gasteiger partial charge is 0.331 e. The van der Waals surface area contributed by atoms with Crippen LogP contribution in [0.5, 0.6) is 0 Å². The maximum atomic E-state index is 12.0. The summed E-state index contributed by atoms with van der Waals surface area (Å²) < 4.78 is 24.1. The van der Waals surface area contributed by atoms with Crippen molar-refractivity contribution in [2.75, 3.05) is 13.1 Å². The molecule has 0 amide bonds. The lowest BCUT2D eigenvalue weighted by molar-refractivity contribution is 0.161. The SMILES string of the molecule is NC(=CC=NC(F)F)C1=C2CCCN2C(c2nccs2)=NC1. The molecule has 3 rings (SSSR count). The first kappa shape index (κ1) is 14.8. The fraction of sp³-hybridized carbons (Fsp3) is 0.357. The minimum atomic E-state index is -2.72. The van der Waals surface area contributed by atoms with Crippen molar-refractivity contribution in [3.8, 4) is 0 Å². The summed E-state index contributed by atoms with van der Waals surface area (Å²) in [5.41, 5.74) is 8.45. The van der Waals surface area contributed by atoms with Gasteiger partial charge in [0.15, 0.2) is 10.8 Å². The number of aliphatic imine (C=N–C) groups is 2. The average molecular weight is 323 g/mol. The molecule has 0 spiro atoms. The Hall–Kier alpha value is -2.09. The van der Waals surface area contributed by atoms with Crippen LogP contribution < -0.4 is 5.73 Å². The van der Waals surface area contributed by atoms with Gasteiger partial charge in [-0.05, 0) is 18.9 Å². The Morgan fingerprint density at radius 1 is 1.50 bits per heavy atom. The van der Waals surface area contributed by atoms with Crippen LogP contribution in [0.4, 0.5) is 8.78 Å². The van der Waals surface area contributed by atoms with E-state index >= 15 is 0 Å². The first-order valence-electron chi connectivity index (χ1n) is 6.88. The van der Waals surface area contributed by atoms with Crippen LogP contribution in [0.15, 0.2) is 44.6 Å². The molecule has 1 fully saturated rings. The van der Waals surface area contributed by atoms with Gasteiger partial charge in [-0.3, -0.25) is 4.99 Å². The van der Waals surface area contributed by atoms with Crippen molar-refractivity contribution in [1.29, 1.82) is 0 Å². The molecule has 0 radical (unpaired) electrons. The lowest BCUT2D eigenvalue weighted by Crippen LogP contribution is -2.32. The second-order valence-corrected chi connectivity index (χ2v) is 5.75. The Bertz CT molecular complexity index is 661. The second-order valence-electron chi connectivity index (χ2n) is 4.86. The predicted octanol–water partition coefficient (Wildman–Crippen LogP) is 2.39. The molecule has 0 unspecified atom stereocenters. The van der Waals surface area contributed by atoms with Crippen LogP contribution in [0.2, 0.25) is 0 Å². The van der Waals surface area contributed by atoms with E-state index in [1.54, 1.807) is 17.5 Å². The van der Waals surface area contributed by atoms with Crippen LogP contribution >= 0.6 is 11.3 Å². The van der Waals surface area contributed by atoms with Gasteiger partial charge in [-0.15, -0.1) is 11.3 Å². The first-order chi connectivity index (χ1) is 10.7. The number of rotatable bonds is 4. The van der Waals surface area contributed by atoms with Crippen LogP contribution in [0.1, 0.15) is 17.8 Å². The second kappa shape index (κ2) is 6.35. The molecule has 0 aliphatic carbocycles. The van der Waals surface area contributed by atoms with Crippen molar-refractivity contribution in [2.24, 2.45) is 15.7 Å². The Morgan fingerprint density at radius 2 is 2.36 bits per heavy atom. The molecule has 22 heavy (non-hydrogen) atoms. The molecule has 0 atom stereocenters. The van der Waals surface area contributed by atoms with E-state index in [1.807, 2.05) is 5.38 Å². The number of nitrogens with zero attached hydrogens (tertiary/aromatic N) is 4. The van der Waals surface area contributed by atoms with Crippen molar-refractivity contribution in [3.05, 3.63) is 39.6 Å². The topological polar surface area (TPSA) is 66.9 Å². The van der Waals surface area contributed by atoms with E-state index in [-0.39, 0.29) is 0 Å². The Morgan fingerprint density at radius 3 is 3.09 bits per heavy atom. The number of allylic oxidation sites excluding steroid dienone is 2. The minimum absolute atomic E-state index is 0.436. The molecular weight excluding hydrogens is 308 g/mol. The fourth-order valence-electron chi connectivity index (χ4n) is 2.62. The van der Waals surface area contributed by atoms with Crippen molar-refractivity contribution >= 4 is 23.4 Å². The van der Waals surface area contributed by atoms with E-state index in [1.165, 1.54) is 6.08 Å². The molecule has 1 saturated heterocycles. The lowest BCUT2D eigenvalue weighted by Gasteiger charge is -2.27. The number of halogens is 2. The maximum Gasteiger partial charge on any atom is 0.331 e. The molecule has 3 heterocycles. The molecule has 0 saturated carbocycles. The fourth-order valence-corrected chi connectivity index (χ4v) is 3.27. The summed E-state index contributed by atoms with van der Waals surface area (Å²) >= 11 is 1.55. The monoisotopic (exact) mass is 323 g/mol. The van der Waals surface area contributed by atoms with Crippen molar-refractivity contribution < 1.29 is 8.78 Å². The van der Waals surface area contributed by atoms with Gasteiger partial charge in [-0.1, -0.05) is 0 Å². The third-order valence-corrected chi connectivity index (χ3v) is 4.31. The highest BCUT2D eigenvalue weighted by atomic mass is 32.1. The number of alkyl halides is 2. The zero-order valence-electron chi connectivity index (χ0n) is 11.7. The summed E-state index contributed by atoms with van der Waals surface area (Å²) in [6.07, 6.45) is 6.14. The van der Waals surface area contributed by atoms with Gasteiger partial charge in [0, 0.05) is 41.3 Å². The Kier molecular flexibility index (Phi) is 4.28. The molecule has 2 aliphatic rings. The third-order valence-electron chi connectivity index (χ3n) is 3.54. The van der Waals surface area contributed by atoms with Gasteiger partial charge >= 0.3 is 6.55 Å². The van der Waals surface area contributed by atoms with Crippen molar-refractivity contribution in [3.63, 3.8) is 0 Å². The van der Waals surface area contributed by atoms with Crippen LogP contribution in [0, 0.1) is 0 Å². The van der Waals surface area contributed by atoms with Gasteiger partial charge in [-0.2, -0.15) is 8.78 Å². The molecular formula is C14H15F2N5S. The van der Waals surface area contributed by atoms with Crippen LogP contribution in [-0.2, 0) is 0 Å². The van der Waals surface area contributed by atoms with Gasteiger partial charge < -0.3 is 10.6 Å². The summed E-state index contributed by atoms with van der Waals surface area (Å²) in [7, 11) is 0. The Labute approximate surface area is 130 Å². The highest BCUT2D eigenvalue weighted by molar-refractivity contribution is 7.11. The predicted molar refractivity (Wildman–Crippen MR) is 83.3 cm³/mol. The largest absolute Gasteiger partial charge is 0.398 e. The maximum absolute atomic E-state index is 12.0. The van der Waals surface area contributed by atoms with Crippen LogP contribution in [-0.4, -0.2) is 41.6 Å². The zero-order valence-corrected chi connectivity index (χ0v) is 12.6. The number of thiazole rings is 1. The molecule has 0 bridgehead atoms. The van der Waals surface area contributed by atoms with Gasteiger partial charge in [0.05, 0.1) is 6.54 Å². The number of aromatic nitrogens is 1. The van der Waals surface area contributed by atoms with E-state index in [4.69, 9.17) is 5.73 Å². The van der Waals surface area contributed by atoms with Gasteiger partial charge in [0.1, 0.15) is 0 Å². The summed E-state index contributed by atoms with van der Waals surface area (Å²) in [6, 6.07) is 0. The molecule has 2 aliphatic heterocycles. The number of hydrogen-bond donors (Lipinski definition) is 1. The molecule has 116 valence electrons. The molecule has 1 aromatic heterocycles. The summed E-state index contributed by atoms with van der Waals surface area (Å²) in [4.78, 5) is 14.0. The molecule has 0 aromatic carbocycles. The van der Waals surface area contributed by atoms with Crippen LogP contribution in [0.25, 0.3) is 0 Å².